The summed E-state index contributed by atoms with van der Waals surface area (Å²) in [5.41, 5.74) is 2.02. The number of nitrogens with zero attached hydrogens (tertiary/aromatic N) is 2. The van der Waals surface area contributed by atoms with Crippen molar-refractivity contribution >= 4 is 34.9 Å². The van der Waals surface area contributed by atoms with Crippen molar-refractivity contribution in [3.05, 3.63) is 28.0 Å². The van der Waals surface area contributed by atoms with Crippen molar-refractivity contribution in [2.75, 3.05) is 33.9 Å². The Hall–Kier alpha value is -0.880. The van der Waals surface area contributed by atoms with Gasteiger partial charge in [-0.15, -0.1) is 0 Å². The predicted molar refractivity (Wildman–Crippen MR) is 81.5 cm³/mol. The fourth-order valence-electron chi connectivity index (χ4n) is 1.86. The van der Waals surface area contributed by atoms with Crippen molar-refractivity contribution in [2.45, 2.75) is 6.54 Å². The summed E-state index contributed by atoms with van der Waals surface area (Å²) in [5, 5.41) is 0.707. The van der Waals surface area contributed by atoms with Crippen LogP contribution in [0.25, 0.3) is 11.0 Å². The maximum absolute atomic E-state index is 5.96. The molecule has 1 aromatic heterocycles. The van der Waals surface area contributed by atoms with E-state index in [2.05, 4.69) is 9.88 Å². The van der Waals surface area contributed by atoms with Crippen LogP contribution in [0, 0.1) is 4.77 Å². The molecule has 0 aliphatic rings. The van der Waals surface area contributed by atoms with Crippen molar-refractivity contribution in [3.63, 3.8) is 0 Å². The first-order valence-corrected chi connectivity index (χ1v) is 6.97. The molecule has 4 nitrogen and oxygen atoms in total. The lowest BCUT2D eigenvalue weighted by molar-refractivity contribution is 0.111. The lowest BCUT2D eigenvalue weighted by Gasteiger charge is -2.10. The van der Waals surface area contributed by atoms with Gasteiger partial charge in [0.25, 0.3) is 0 Å². The molecule has 0 saturated heterocycles. The molecular formula is C13H18ClN3OS. The van der Waals surface area contributed by atoms with Gasteiger partial charge in [0.05, 0.1) is 24.2 Å². The zero-order valence-electron chi connectivity index (χ0n) is 11.1. The van der Waals surface area contributed by atoms with Crippen LogP contribution in [-0.2, 0) is 11.3 Å². The molecule has 0 aliphatic heterocycles. The highest BCUT2D eigenvalue weighted by Crippen LogP contribution is 2.18. The highest BCUT2D eigenvalue weighted by Gasteiger charge is 2.04. The molecule has 2 aromatic rings. The van der Waals surface area contributed by atoms with E-state index in [1.807, 2.05) is 36.9 Å². The maximum atomic E-state index is 5.96. The van der Waals surface area contributed by atoms with E-state index in [1.165, 1.54) is 0 Å². The molecule has 0 radical (unpaired) electrons. The van der Waals surface area contributed by atoms with Crippen molar-refractivity contribution in [3.8, 4) is 0 Å². The number of ether oxygens (including phenoxy) is 1. The van der Waals surface area contributed by atoms with Gasteiger partial charge in [0.15, 0.2) is 4.77 Å². The molecule has 6 heteroatoms. The number of hydrogen-bond donors (Lipinski definition) is 1. The van der Waals surface area contributed by atoms with Gasteiger partial charge in [0, 0.05) is 18.1 Å². The Balaban J connectivity index is 2.00. The molecule has 1 aromatic carbocycles. The fraction of sp³-hybridized carbons (Fsp3) is 0.462. The van der Waals surface area contributed by atoms with E-state index >= 15 is 0 Å². The maximum Gasteiger partial charge on any atom is 0.178 e. The van der Waals surface area contributed by atoms with Crippen LogP contribution >= 0.6 is 23.8 Å². The minimum absolute atomic E-state index is 0.651. The van der Waals surface area contributed by atoms with Crippen molar-refractivity contribution < 1.29 is 4.74 Å². The summed E-state index contributed by atoms with van der Waals surface area (Å²) >= 11 is 11.3. The number of hydrogen-bond acceptors (Lipinski definition) is 3. The van der Waals surface area contributed by atoms with Crippen LogP contribution in [-0.4, -0.2) is 48.3 Å². The number of rotatable bonds is 6. The number of halogens is 1. The zero-order chi connectivity index (χ0) is 13.8. The number of aromatic amines is 1. The Bertz CT molecular complexity index is 605. The van der Waals surface area contributed by atoms with Crippen molar-refractivity contribution in [2.24, 2.45) is 0 Å². The average molecular weight is 300 g/mol. The minimum Gasteiger partial charge on any atom is -0.378 e. The Morgan fingerprint density at radius 1 is 1.37 bits per heavy atom. The second-order valence-corrected chi connectivity index (χ2v) is 5.48. The first-order chi connectivity index (χ1) is 9.08. The van der Waals surface area contributed by atoms with E-state index in [9.17, 15) is 0 Å². The normalized spacial score (nSPS) is 11.6. The number of H-pyrrole nitrogens is 1. The molecule has 0 unspecified atom stereocenters. The molecule has 0 atom stereocenters. The standard InChI is InChI=1S/C13H18ClN3OS/c1-16(2)5-7-18-8-6-17-12-4-3-10(14)9-11(12)15-13(17)19/h3-4,9H,5-8H2,1-2H3,(H,15,19). The number of fused-ring (bicyclic) bond motifs is 1. The van der Waals surface area contributed by atoms with Crippen LogP contribution in [0.15, 0.2) is 18.2 Å². The van der Waals surface area contributed by atoms with E-state index in [4.69, 9.17) is 28.6 Å². The number of aromatic nitrogens is 2. The summed E-state index contributed by atoms with van der Waals surface area (Å²) in [7, 11) is 4.06. The van der Waals surface area contributed by atoms with Crippen LogP contribution in [0.2, 0.25) is 5.02 Å². The van der Waals surface area contributed by atoms with Crippen LogP contribution in [0.5, 0.6) is 0 Å². The molecule has 0 aliphatic carbocycles. The molecular weight excluding hydrogens is 282 g/mol. The lowest BCUT2D eigenvalue weighted by Crippen LogP contribution is -2.19. The summed E-state index contributed by atoms with van der Waals surface area (Å²) in [6.45, 7) is 3.05. The Kier molecular flexibility index (Phi) is 4.99. The monoisotopic (exact) mass is 299 g/mol. The van der Waals surface area contributed by atoms with Crippen LogP contribution in [0.4, 0.5) is 0 Å². The van der Waals surface area contributed by atoms with Gasteiger partial charge >= 0.3 is 0 Å². The highest BCUT2D eigenvalue weighted by molar-refractivity contribution is 7.71. The Labute approximate surface area is 122 Å². The second-order valence-electron chi connectivity index (χ2n) is 4.66. The number of nitrogens with one attached hydrogen (secondary N) is 1. The third-order valence-electron chi connectivity index (χ3n) is 2.88. The Morgan fingerprint density at radius 2 is 2.16 bits per heavy atom. The first-order valence-electron chi connectivity index (χ1n) is 6.18. The molecule has 0 fully saturated rings. The summed E-state index contributed by atoms with van der Waals surface area (Å²) in [5.74, 6) is 0. The van der Waals surface area contributed by atoms with Crippen molar-refractivity contribution in [1.82, 2.24) is 14.5 Å². The molecule has 1 N–H and O–H groups in total. The number of benzene rings is 1. The Morgan fingerprint density at radius 3 is 2.89 bits per heavy atom. The van der Waals surface area contributed by atoms with E-state index < -0.39 is 0 Å². The highest BCUT2D eigenvalue weighted by atomic mass is 35.5. The predicted octanol–water partition coefficient (Wildman–Crippen LogP) is 2.93. The molecule has 0 bridgehead atoms. The molecule has 0 amide bonds. The molecule has 0 saturated carbocycles. The van der Waals surface area contributed by atoms with E-state index in [0.29, 0.717) is 16.4 Å². The summed E-state index contributed by atoms with van der Waals surface area (Å²) in [6, 6.07) is 5.73. The largest absolute Gasteiger partial charge is 0.378 e. The summed E-state index contributed by atoms with van der Waals surface area (Å²) in [6.07, 6.45) is 0. The van der Waals surface area contributed by atoms with Gasteiger partial charge in [-0.2, -0.15) is 0 Å². The number of likely N-dealkylation sites (N-methyl/N-ethyl adjacent to an activating group) is 1. The average Bonchev–Trinajstić information content (AvgIpc) is 2.64. The summed E-state index contributed by atoms with van der Waals surface area (Å²) in [4.78, 5) is 5.25. The molecule has 0 spiro atoms. The molecule has 1 heterocycles. The van der Waals surface area contributed by atoms with Gasteiger partial charge in [0.2, 0.25) is 0 Å². The van der Waals surface area contributed by atoms with Crippen LogP contribution in [0.3, 0.4) is 0 Å². The van der Waals surface area contributed by atoms with Crippen molar-refractivity contribution in [1.29, 1.82) is 0 Å². The van der Waals surface area contributed by atoms with Crippen LogP contribution < -0.4 is 0 Å². The topological polar surface area (TPSA) is 33.2 Å². The van der Waals surface area contributed by atoms with Gasteiger partial charge in [-0.25, -0.2) is 0 Å². The van der Waals surface area contributed by atoms with Gasteiger partial charge in [-0.1, -0.05) is 11.6 Å². The van der Waals surface area contributed by atoms with Gasteiger partial charge in [-0.05, 0) is 44.5 Å². The van der Waals surface area contributed by atoms with E-state index in [0.717, 1.165) is 30.7 Å². The van der Waals surface area contributed by atoms with Gasteiger partial charge in [0.1, 0.15) is 0 Å². The SMILES string of the molecule is CN(C)CCOCCn1c(=S)[nH]c2cc(Cl)ccc21. The van der Waals surface area contributed by atoms with E-state index in [-0.39, 0.29) is 0 Å². The third kappa shape index (κ3) is 3.79. The van der Waals surface area contributed by atoms with E-state index in [1.54, 1.807) is 0 Å². The lowest BCUT2D eigenvalue weighted by atomic mass is 10.3. The summed E-state index contributed by atoms with van der Waals surface area (Å²) < 4.78 is 8.34. The van der Waals surface area contributed by atoms with Gasteiger partial charge < -0.3 is 19.2 Å². The number of imidazole rings is 1. The molecule has 2 rings (SSSR count). The first kappa shape index (κ1) is 14.5. The minimum atomic E-state index is 0.651. The quantitative estimate of drug-likeness (QED) is 0.658. The second kappa shape index (κ2) is 6.52. The molecule has 104 valence electrons. The van der Waals surface area contributed by atoms with Gasteiger partial charge in [-0.3, -0.25) is 0 Å². The fourth-order valence-corrected chi connectivity index (χ4v) is 2.33. The van der Waals surface area contributed by atoms with Crippen LogP contribution in [0.1, 0.15) is 0 Å². The smallest absolute Gasteiger partial charge is 0.178 e. The zero-order valence-corrected chi connectivity index (χ0v) is 12.7. The molecule has 19 heavy (non-hydrogen) atoms. The third-order valence-corrected chi connectivity index (χ3v) is 3.44.